The maximum Gasteiger partial charge on any atom is 0.338 e. The summed E-state index contributed by atoms with van der Waals surface area (Å²) in [4.78, 5) is 23.9. The Morgan fingerprint density at radius 3 is 2.54 bits per heavy atom. The fraction of sp³-hybridized carbons (Fsp3) is 0.200. The van der Waals surface area contributed by atoms with Gasteiger partial charge in [0.05, 0.1) is 11.6 Å². The van der Waals surface area contributed by atoms with E-state index >= 15 is 0 Å². The van der Waals surface area contributed by atoms with Crippen molar-refractivity contribution < 1.29 is 19.1 Å². The van der Waals surface area contributed by atoms with Gasteiger partial charge in [0.2, 0.25) is 0 Å². The highest BCUT2D eigenvalue weighted by Crippen LogP contribution is 2.16. The van der Waals surface area contributed by atoms with E-state index < -0.39 is 24.3 Å². The number of carbonyl (C=O) groups excluding carboxylic acids is 2. The van der Waals surface area contributed by atoms with Crippen molar-refractivity contribution in [2.24, 2.45) is 5.92 Å². The molecule has 2 aromatic carbocycles. The Kier molecular flexibility index (Phi) is 6.63. The molecule has 0 saturated heterocycles. The molecule has 2 rings (SSSR count). The molecule has 0 saturated carbocycles. The van der Waals surface area contributed by atoms with Gasteiger partial charge >= 0.3 is 5.97 Å². The molecule has 0 spiro atoms. The summed E-state index contributed by atoms with van der Waals surface area (Å²) in [7, 11) is 0. The lowest BCUT2D eigenvalue weighted by molar-refractivity contribution is -0.122. The van der Waals surface area contributed by atoms with E-state index in [4.69, 9.17) is 20.1 Å². The Balaban J connectivity index is 1.94. The molecule has 1 N–H and O–H groups in total. The van der Waals surface area contributed by atoms with Crippen LogP contribution in [0.5, 0.6) is 5.75 Å². The van der Waals surface area contributed by atoms with E-state index in [1.165, 1.54) is 13.0 Å². The molecule has 0 fully saturated rings. The van der Waals surface area contributed by atoms with Crippen molar-refractivity contribution in [3.63, 3.8) is 0 Å². The van der Waals surface area contributed by atoms with Gasteiger partial charge in [-0.3, -0.25) is 4.79 Å². The molecule has 0 aliphatic rings. The van der Waals surface area contributed by atoms with E-state index in [2.05, 4.69) is 0 Å². The zero-order valence-electron chi connectivity index (χ0n) is 14.3. The smallest absolute Gasteiger partial charge is 0.338 e. The van der Waals surface area contributed by atoms with Gasteiger partial charge in [0.15, 0.2) is 12.4 Å². The van der Waals surface area contributed by atoms with Crippen molar-refractivity contribution in [2.45, 2.75) is 13.5 Å². The molecule has 1 unspecified atom stereocenters. The average Bonchev–Trinajstić information content (AvgIpc) is 2.65. The van der Waals surface area contributed by atoms with E-state index in [9.17, 15) is 9.59 Å². The highest BCUT2D eigenvalue weighted by molar-refractivity contribution is 6.06. The Labute approximate surface area is 151 Å². The van der Waals surface area contributed by atoms with Crippen LogP contribution in [0, 0.1) is 22.7 Å². The first kappa shape index (κ1) is 18.9. The van der Waals surface area contributed by atoms with Crippen LogP contribution < -0.4 is 4.74 Å². The van der Waals surface area contributed by atoms with Gasteiger partial charge in [0.1, 0.15) is 18.3 Å². The largest absolute Gasteiger partial charge is 0.489 e. The van der Waals surface area contributed by atoms with Gasteiger partial charge in [0, 0.05) is 5.71 Å². The average molecular weight is 350 g/mol. The molecule has 0 radical (unpaired) electrons. The number of esters is 1. The molecule has 0 aliphatic carbocycles. The lowest BCUT2D eigenvalue weighted by Gasteiger charge is -2.09. The number of hydrogen-bond acceptors (Lipinski definition) is 6. The van der Waals surface area contributed by atoms with Gasteiger partial charge in [-0.2, -0.15) is 5.26 Å². The molecule has 0 heterocycles. The minimum Gasteiger partial charge on any atom is -0.489 e. The van der Waals surface area contributed by atoms with E-state index in [0.717, 1.165) is 5.56 Å². The number of nitriles is 1. The van der Waals surface area contributed by atoms with Crippen molar-refractivity contribution >= 4 is 17.5 Å². The van der Waals surface area contributed by atoms with Crippen LogP contribution in [0.1, 0.15) is 22.8 Å². The second-order valence-electron chi connectivity index (χ2n) is 5.59. The standard InChI is InChI=1S/C20H18N2O4/c1-14(22)18(11-21)19(23)13-26-20(24)16-8-5-9-17(10-16)25-12-15-6-3-2-4-7-15/h2-10,18,22H,12-13H2,1H3. The number of nitrogens with one attached hydrogen (secondary N) is 1. The summed E-state index contributed by atoms with van der Waals surface area (Å²) in [5.41, 5.74) is 1.16. The predicted molar refractivity (Wildman–Crippen MR) is 95.0 cm³/mol. The van der Waals surface area contributed by atoms with Crippen LogP contribution in [0.2, 0.25) is 0 Å². The van der Waals surface area contributed by atoms with Crippen LogP contribution in [0.3, 0.4) is 0 Å². The Morgan fingerprint density at radius 1 is 1.15 bits per heavy atom. The number of benzene rings is 2. The molecule has 6 nitrogen and oxygen atoms in total. The number of nitrogens with zero attached hydrogens (tertiary/aromatic N) is 1. The quantitative estimate of drug-likeness (QED) is 0.582. The monoisotopic (exact) mass is 350 g/mol. The van der Waals surface area contributed by atoms with Crippen LogP contribution in [0.15, 0.2) is 54.6 Å². The number of ketones is 1. The normalized spacial score (nSPS) is 11.1. The van der Waals surface area contributed by atoms with Crippen molar-refractivity contribution in [3.8, 4) is 11.8 Å². The van der Waals surface area contributed by atoms with Gasteiger partial charge < -0.3 is 14.9 Å². The van der Waals surface area contributed by atoms with Crippen LogP contribution in [0.4, 0.5) is 0 Å². The molecular formula is C20H18N2O4. The van der Waals surface area contributed by atoms with Crippen LogP contribution in [-0.4, -0.2) is 24.1 Å². The second-order valence-corrected chi connectivity index (χ2v) is 5.59. The Bertz CT molecular complexity index is 840. The third kappa shape index (κ3) is 5.28. The molecule has 132 valence electrons. The van der Waals surface area contributed by atoms with Gasteiger partial charge in [-0.25, -0.2) is 4.79 Å². The van der Waals surface area contributed by atoms with Crippen LogP contribution in [-0.2, 0) is 16.1 Å². The topological polar surface area (TPSA) is 100 Å². The summed E-state index contributed by atoms with van der Waals surface area (Å²) in [6, 6.07) is 17.8. The van der Waals surface area contributed by atoms with E-state index in [1.807, 2.05) is 30.3 Å². The molecule has 26 heavy (non-hydrogen) atoms. The SMILES string of the molecule is CC(=N)C(C#N)C(=O)COC(=O)c1cccc(OCc2ccccc2)c1. The summed E-state index contributed by atoms with van der Waals surface area (Å²) in [6.45, 7) is 1.17. The molecule has 0 aliphatic heterocycles. The van der Waals surface area contributed by atoms with Crippen LogP contribution in [0.25, 0.3) is 0 Å². The maximum absolute atomic E-state index is 12.1. The summed E-state index contributed by atoms with van der Waals surface area (Å²) in [6.07, 6.45) is 0. The first-order chi connectivity index (χ1) is 12.5. The van der Waals surface area contributed by atoms with E-state index in [-0.39, 0.29) is 11.3 Å². The lowest BCUT2D eigenvalue weighted by Crippen LogP contribution is -2.25. The van der Waals surface area contributed by atoms with Crippen LogP contribution >= 0.6 is 0 Å². The Hall–Kier alpha value is -3.46. The number of hydrogen-bond donors (Lipinski definition) is 1. The molecule has 6 heteroatoms. The zero-order valence-corrected chi connectivity index (χ0v) is 14.3. The summed E-state index contributed by atoms with van der Waals surface area (Å²) in [5, 5.41) is 16.2. The number of rotatable bonds is 8. The predicted octanol–water partition coefficient (Wildman–Crippen LogP) is 3.17. The summed E-state index contributed by atoms with van der Waals surface area (Å²) >= 11 is 0. The first-order valence-electron chi connectivity index (χ1n) is 7.92. The minimum atomic E-state index is -1.19. The number of Topliss-reactive ketones (excluding diaryl/α,β-unsaturated/α-hetero) is 1. The first-order valence-corrected chi connectivity index (χ1v) is 7.92. The third-order valence-corrected chi connectivity index (χ3v) is 3.55. The zero-order chi connectivity index (χ0) is 18.9. The van der Waals surface area contributed by atoms with Gasteiger partial charge in [-0.05, 0) is 30.7 Å². The number of carbonyl (C=O) groups is 2. The van der Waals surface area contributed by atoms with Crippen molar-refractivity contribution in [1.29, 1.82) is 10.7 Å². The minimum absolute atomic E-state index is 0.0788. The maximum atomic E-state index is 12.1. The molecule has 1 atom stereocenters. The van der Waals surface area contributed by atoms with Gasteiger partial charge in [-0.15, -0.1) is 0 Å². The fourth-order valence-corrected chi connectivity index (χ4v) is 2.17. The molecule has 2 aromatic rings. The third-order valence-electron chi connectivity index (χ3n) is 3.55. The number of ether oxygens (including phenoxy) is 2. The molecule has 0 bridgehead atoms. The highest BCUT2D eigenvalue weighted by atomic mass is 16.5. The summed E-state index contributed by atoms with van der Waals surface area (Å²) in [5.74, 6) is -2.00. The summed E-state index contributed by atoms with van der Waals surface area (Å²) < 4.78 is 10.6. The molecular weight excluding hydrogens is 332 g/mol. The molecule has 0 amide bonds. The molecule has 0 aromatic heterocycles. The fourth-order valence-electron chi connectivity index (χ4n) is 2.17. The van der Waals surface area contributed by atoms with Gasteiger partial charge in [0.25, 0.3) is 0 Å². The second kappa shape index (κ2) is 9.14. The van der Waals surface area contributed by atoms with Crippen molar-refractivity contribution in [3.05, 3.63) is 65.7 Å². The Morgan fingerprint density at radius 2 is 1.88 bits per heavy atom. The van der Waals surface area contributed by atoms with E-state index in [1.54, 1.807) is 24.3 Å². The van der Waals surface area contributed by atoms with Gasteiger partial charge in [-0.1, -0.05) is 36.4 Å². The highest BCUT2D eigenvalue weighted by Gasteiger charge is 2.21. The van der Waals surface area contributed by atoms with Crippen molar-refractivity contribution in [1.82, 2.24) is 0 Å². The lowest BCUT2D eigenvalue weighted by atomic mass is 10.0. The van der Waals surface area contributed by atoms with Crippen molar-refractivity contribution in [2.75, 3.05) is 6.61 Å². The van der Waals surface area contributed by atoms with E-state index in [0.29, 0.717) is 12.4 Å².